The quantitative estimate of drug-likeness (QED) is 0.732. The molecule has 0 aliphatic heterocycles. The summed E-state index contributed by atoms with van der Waals surface area (Å²) in [4.78, 5) is 17.8. The molecule has 0 spiro atoms. The fraction of sp³-hybridized carbons (Fsp3) is 0.0909. The second-order valence-corrected chi connectivity index (χ2v) is 3.28. The van der Waals surface area contributed by atoms with Crippen LogP contribution in [0.15, 0.2) is 30.1 Å². The third kappa shape index (κ3) is 1.74. The Bertz CT molecular complexity index is 540. The molecule has 4 heteroatoms. The van der Waals surface area contributed by atoms with E-state index in [2.05, 4.69) is 9.97 Å². The molecule has 4 nitrogen and oxygen atoms in total. The van der Waals surface area contributed by atoms with E-state index < -0.39 is 5.97 Å². The van der Waals surface area contributed by atoms with Crippen molar-refractivity contribution < 1.29 is 9.90 Å². The molecule has 0 radical (unpaired) electrons. The molecule has 2 aromatic rings. The molecule has 0 saturated heterocycles. The molecule has 2 aromatic heterocycles. The van der Waals surface area contributed by atoms with Crippen LogP contribution in [0.5, 0.6) is 0 Å². The largest absolute Gasteiger partial charge is 0.478 e. The fourth-order valence-electron chi connectivity index (χ4n) is 1.39. The van der Waals surface area contributed by atoms with Gasteiger partial charge in [-0.15, -0.1) is 0 Å². The molecule has 15 heavy (non-hydrogen) atoms. The summed E-state index contributed by atoms with van der Waals surface area (Å²) in [6.45, 7) is 1.57. The van der Waals surface area contributed by atoms with E-state index in [1.807, 2.05) is 12.1 Å². The van der Waals surface area contributed by atoms with Gasteiger partial charge >= 0.3 is 5.97 Å². The second-order valence-electron chi connectivity index (χ2n) is 3.28. The second kappa shape index (κ2) is 3.57. The van der Waals surface area contributed by atoms with Gasteiger partial charge in [0.15, 0.2) is 0 Å². The van der Waals surface area contributed by atoms with Crippen molar-refractivity contribution in [3.05, 3.63) is 35.7 Å². The molecule has 0 unspecified atom stereocenters. The molecule has 0 fully saturated rings. The zero-order valence-electron chi connectivity index (χ0n) is 8.19. The van der Waals surface area contributed by atoms with Crippen molar-refractivity contribution >= 4 is 23.1 Å². The maximum Gasteiger partial charge on any atom is 0.331 e. The maximum atomic E-state index is 10.7. The molecule has 0 bridgehead atoms. The maximum absolute atomic E-state index is 10.7. The summed E-state index contributed by atoms with van der Waals surface area (Å²) in [7, 11) is 0. The van der Waals surface area contributed by atoms with E-state index >= 15 is 0 Å². The highest BCUT2D eigenvalue weighted by atomic mass is 16.4. The van der Waals surface area contributed by atoms with Gasteiger partial charge in [-0.1, -0.05) is 0 Å². The first-order valence-corrected chi connectivity index (χ1v) is 4.52. The summed E-state index contributed by atoms with van der Waals surface area (Å²) in [5, 5.41) is 9.69. The Morgan fingerprint density at radius 2 is 2.40 bits per heavy atom. The van der Waals surface area contributed by atoms with Gasteiger partial charge < -0.3 is 10.1 Å². The summed E-state index contributed by atoms with van der Waals surface area (Å²) in [6, 6.07) is 3.73. The van der Waals surface area contributed by atoms with Gasteiger partial charge in [-0.25, -0.2) is 9.78 Å². The molecule has 0 atom stereocenters. The third-order valence-electron chi connectivity index (χ3n) is 2.19. The Kier molecular flexibility index (Phi) is 2.25. The van der Waals surface area contributed by atoms with Gasteiger partial charge in [-0.3, -0.25) is 0 Å². The van der Waals surface area contributed by atoms with E-state index in [1.54, 1.807) is 25.4 Å². The predicted octanol–water partition coefficient (Wildman–Crippen LogP) is 2.05. The molecule has 76 valence electrons. The number of hydrogen-bond donors (Lipinski definition) is 2. The van der Waals surface area contributed by atoms with Gasteiger partial charge in [0.1, 0.15) is 5.65 Å². The van der Waals surface area contributed by atoms with Crippen LogP contribution in [0.25, 0.3) is 17.1 Å². The van der Waals surface area contributed by atoms with Gasteiger partial charge in [0, 0.05) is 28.9 Å². The Hall–Kier alpha value is -2.10. The minimum absolute atomic E-state index is 0.305. The summed E-state index contributed by atoms with van der Waals surface area (Å²) in [5.41, 5.74) is 1.92. The van der Waals surface area contributed by atoms with Crippen molar-refractivity contribution in [1.82, 2.24) is 9.97 Å². The SMILES string of the molecule is CC(=Cc1c[nH]c2ncccc12)C(=O)O. The van der Waals surface area contributed by atoms with Crippen LogP contribution in [0.4, 0.5) is 0 Å². The first-order valence-electron chi connectivity index (χ1n) is 4.52. The minimum atomic E-state index is -0.909. The number of carboxylic acid groups (broad SMARTS) is 1. The first-order chi connectivity index (χ1) is 7.18. The standard InChI is InChI=1S/C11H10N2O2/c1-7(11(14)15)5-8-6-13-10-9(8)3-2-4-12-10/h2-6H,1H3,(H,12,13)(H,14,15). The van der Waals surface area contributed by atoms with Gasteiger partial charge in [-0.05, 0) is 25.1 Å². The average molecular weight is 202 g/mol. The highest BCUT2D eigenvalue weighted by Gasteiger charge is 2.04. The van der Waals surface area contributed by atoms with Crippen LogP contribution in [0, 0.1) is 0 Å². The number of nitrogens with one attached hydrogen (secondary N) is 1. The van der Waals surface area contributed by atoms with E-state index in [4.69, 9.17) is 5.11 Å². The third-order valence-corrected chi connectivity index (χ3v) is 2.19. The number of fused-ring (bicyclic) bond motifs is 1. The van der Waals surface area contributed by atoms with Crippen molar-refractivity contribution in [3.8, 4) is 0 Å². The van der Waals surface area contributed by atoms with Crippen LogP contribution >= 0.6 is 0 Å². The van der Waals surface area contributed by atoms with Crippen LogP contribution in [0.1, 0.15) is 12.5 Å². The molecule has 0 saturated carbocycles. The normalized spacial score (nSPS) is 11.9. The smallest absolute Gasteiger partial charge is 0.331 e. The number of aromatic nitrogens is 2. The molecule has 2 N–H and O–H groups in total. The van der Waals surface area contributed by atoms with E-state index in [-0.39, 0.29) is 0 Å². The number of aromatic amines is 1. The Labute approximate surface area is 86.3 Å². The zero-order valence-corrected chi connectivity index (χ0v) is 8.19. The number of rotatable bonds is 2. The highest BCUT2D eigenvalue weighted by Crippen LogP contribution is 2.18. The number of hydrogen-bond acceptors (Lipinski definition) is 2. The van der Waals surface area contributed by atoms with Crippen molar-refractivity contribution in [2.75, 3.05) is 0 Å². The number of aliphatic carboxylic acids is 1. The van der Waals surface area contributed by atoms with Crippen molar-refractivity contribution in [3.63, 3.8) is 0 Å². The molecular formula is C11H10N2O2. The van der Waals surface area contributed by atoms with Crippen LogP contribution in [-0.4, -0.2) is 21.0 Å². The lowest BCUT2D eigenvalue weighted by atomic mass is 10.1. The van der Waals surface area contributed by atoms with Crippen LogP contribution in [0.2, 0.25) is 0 Å². The monoisotopic (exact) mass is 202 g/mol. The number of H-pyrrole nitrogens is 1. The van der Waals surface area contributed by atoms with Crippen LogP contribution < -0.4 is 0 Å². The van der Waals surface area contributed by atoms with E-state index in [0.29, 0.717) is 5.57 Å². The average Bonchev–Trinajstić information content (AvgIpc) is 2.62. The molecule has 0 aromatic carbocycles. The number of carboxylic acids is 1. The lowest BCUT2D eigenvalue weighted by Gasteiger charge is -1.93. The molecule has 2 rings (SSSR count). The van der Waals surface area contributed by atoms with Gasteiger partial charge in [0.25, 0.3) is 0 Å². The van der Waals surface area contributed by atoms with Gasteiger partial charge in [0.05, 0.1) is 0 Å². The molecule has 2 heterocycles. The van der Waals surface area contributed by atoms with E-state index in [9.17, 15) is 4.79 Å². The summed E-state index contributed by atoms with van der Waals surface area (Å²) in [5.74, 6) is -0.909. The number of pyridine rings is 1. The van der Waals surface area contributed by atoms with Crippen molar-refractivity contribution in [2.24, 2.45) is 0 Å². The molecular weight excluding hydrogens is 192 g/mol. The van der Waals surface area contributed by atoms with Crippen molar-refractivity contribution in [1.29, 1.82) is 0 Å². The lowest BCUT2D eigenvalue weighted by Crippen LogP contribution is -1.94. The highest BCUT2D eigenvalue weighted by molar-refractivity contribution is 5.95. The Balaban J connectivity index is 2.54. The van der Waals surface area contributed by atoms with Crippen molar-refractivity contribution in [2.45, 2.75) is 6.92 Å². The van der Waals surface area contributed by atoms with Crippen LogP contribution in [0.3, 0.4) is 0 Å². The zero-order chi connectivity index (χ0) is 10.8. The van der Waals surface area contributed by atoms with Crippen LogP contribution in [-0.2, 0) is 4.79 Å². The van der Waals surface area contributed by atoms with Gasteiger partial charge in [-0.2, -0.15) is 0 Å². The Morgan fingerprint density at radius 3 is 3.13 bits per heavy atom. The van der Waals surface area contributed by atoms with E-state index in [1.165, 1.54) is 0 Å². The first kappa shape index (κ1) is 9.45. The predicted molar refractivity (Wildman–Crippen MR) is 57.4 cm³/mol. The summed E-state index contributed by atoms with van der Waals surface area (Å²) >= 11 is 0. The lowest BCUT2D eigenvalue weighted by molar-refractivity contribution is -0.132. The molecule has 0 amide bonds. The molecule has 0 aliphatic carbocycles. The minimum Gasteiger partial charge on any atom is -0.478 e. The topological polar surface area (TPSA) is 66.0 Å². The number of carbonyl (C=O) groups is 1. The number of nitrogens with zero attached hydrogens (tertiary/aromatic N) is 1. The summed E-state index contributed by atoms with van der Waals surface area (Å²) in [6.07, 6.45) is 5.07. The molecule has 0 aliphatic rings. The Morgan fingerprint density at radius 1 is 1.60 bits per heavy atom. The van der Waals surface area contributed by atoms with E-state index in [0.717, 1.165) is 16.6 Å². The fourth-order valence-corrected chi connectivity index (χ4v) is 1.39. The summed E-state index contributed by atoms with van der Waals surface area (Å²) < 4.78 is 0. The van der Waals surface area contributed by atoms with Gasteiger partial charge in [0.2, 0.25) is 0 Å².